The summed E-state index contributed by atoms with van der Waals surface area (Å²) in [6.07, 6.45) is 3.83. The molecule has 0 fully saturated rings. The van der Waals surface area contributed by atoms with Crippen LogP contribution in [0, 0.1) is 5.41 Å². The number of amidine groups is 1. The van der Waals surface area contributed by atoms with E-state index in [4.69, 9.17) is 11.1 Å². The van der Waals surface area contributed by atoms with Crippen molar-refractivity contribution in [3.63, 3.8) is 0 Å². The Labute approximate surface area is 85.6 Å². The van der Waals surface area contributed by atoms with E-state index in [1.54, 1.807) is 0 Å². The Kier molecular flexibility index (Phi) is 7.09. The highest BCUT2D eigenvalue weighted by atomic mass is 32.2. The molecule has 0 heterocycles. The SMILES string of the molecule is CSCC(C)N(C)CCCC(=N)N. The number of hydrogen-bond donors (Lipinski definition) is 2. The molecule has 0 aromatic carbocycles. The lowest BCUT2D eigenvalue weighted by Gasteiger charge is -2.23. The summed E-state index contributed by atoms with van der Waals surface area (Å²) in [7, 11) is 2.13. The van der Waals surface area contributed by atoms with Gasteiger partial charge in [-0.05, 0) is 33.2 Å². The first-order chi connectivity index (χ1) is 6.07. The van der Waals surface area contributed by atoms with Crippen LogP contribution in [-0.2, 0) is 0 Å². The second kappa shape index (κ2) is 7.21. The molecular formula is C9H21N3S. The molecule has 0 aromatic heterocycles. The Balaban J connectivity index is 3.49. The number of thioether (sulfide) groups is 1. The summed E-state index contributed by atoms with van der Waals surface area (Å²) in [4.78, 5) is 2.32. The third kappa shape index (κ3) is 6.90. The molecule has 4 heteroatoms. The summed E-state index contributed by atoms with van der Waals surface area (Å²) < 4.78 is 0. The van der Waals surface area contributed by atoms with Crippen LogP contribution >= 0.6 is 11.8 Å². The van der Waals surface area contributed by atoms with Crippen LogP contribution in [0.4, 0.5) is 0 Å². The molecule has 0 aliphatic rings. The second-order valence-electron chi connectivity index (χ2n) is 3.41. The maximum atomic E-state index is 7.08. The molecule has 0 amide bonds. The van der Waals surface area contributed by atoms with Gasteiger partial charge in [0.05, 0.1) is 5.84 Å². The van der Waals surface area contributed by atoms with Gasteiger partial charge in [0.1, 0.15) is 0 Å². The summed E-state index contributed by atoms with van der Waals surface area (Å²) in [6.45, 7) is 3.26. The Bertz CT molecular complexity index is 150. The number of nitrogens with zero attached hydrogens (tertiary/aromatic N) is 1. The molecule has 1 unspecified atom stereocenters. The molecule has 3 N–H and O–H groups in total. The lowest BCUT2D eigenvalue weighted by molar-refractivity contribution is 0.276. The highest BCUT2D eigenvalue weighted by molar-refractivity contribution is 7.98. The zero-order chi connectivity index (χ0) is 10.3. The van der Waals surface area contributed by atoms with Gasteiger partial charge in [0.2, 0.25) is 0 Å². The first-order valence-electron chi connectivity index (χ1n) is 4.60. The number of nitrogens with two attached hydrogens (primary N) is 1. The normalized spacial score (nSPS) is 13.2. The molecule has 1 atom stereocenters. The summed E-state index contributed by atoms with van der Waals surface area (Å²) in [5, 5.41) is 7.08. The minimum atomic E-state index is 0.297. The maximum absolute atomic E-state index is 7.08. The van der Waals surface area contributed by atoms with Gasteiger partial charge < -0.3 is 10.6 Å². The van der Waals surface area contributed by atoms with Gasteiger partial charge in [-0.3, -0.25) is 5.41 Å². The van der Waals surface area contributed by atoms with Gasteiger partial charge in [0.25, 0.3) is 0 Å². The van der Waals surface area contributed by atoms with E-state index >= 15 is 0 Å². The Morgan fingerprint density at radius 1 is 1.62 bits per heavy atom. The standard InChI is InChI=1S/C9H21N3S/c1-8(7-13-3)12(2)6-4-5-9(10)11/h8H,4-7H2,1-3H3,(H3,10,11). The predicted octanol–water partition coefficient (Wildman–Crippen LogP) is 1.39. The summed E-state index contributed by atoms with van der Waals surface area (Å²) in [5.41, 5.74) is 5.27. The molecular weight excluding hydrogens is 182 g/mol. The highest BCUT2D eigenvalue weighted by Gasteiger charge is 2.07. The number of nitrogens with one attached hydrogen (secondary N) is 1. The third-order valence-electron chi connectivity index (χ3n) is 2.12. The minimum Gasteiger partial charge on any atom is -0.388 e. The van der Waals surface area contributed by atoms with Crippen LogP contribution in [0.15, 0.2) is 0 Å². The van der Waals surface area contributed by atoms with E-state index in [-0.39, 0.29) is 0 Å². The van der Waals surface area contributed by atoms with Gasteiger partial charge in [-0.1, -0.05) is 0 Å². The molecule has 3 nitrogen and oxygen atoms in total. The van der Waals surface area contributed by atoms with Crippen molar-refractivity contribution < 1.29 is 0 Å². The largest absolute Gasteiger partial charge is 0.388 e. The van der Waals surface area contributed by atoms with Crippen molar-refractivity contribution in [2.75, 3.05) is 25.6 Å². The fraction of sp³-hybridized carbons (Fsp3) is 0.889. The number of hydrogen-bond acceptors (Lipinski definition) is 3. The van der Waals surface area contributed by atoms with E-state index < -0.39 is 0 Å². The smallest absolute Gasteiger partial charge is 0.0905 e. The van der Waals surface area contributed by atoms with E-state index in [0.29, 0.717) is 11.9 Å². The van der Waals surface area contributed by atoms with E-state index in [1.165, 1.54) is 0 Å². The van der Waals surface area contributed by atoms with E-state index in [2.05, 4.69) is 25.1 Å². The van der Waals surface area contributed by atoms with Crippen molar-refractivity contribution in [2.24, 2.45) is 5.73 Å². The van der Waals surface area contributed by atoms with E-state index in [1.807, 2.05) is 11.8 Å². The van der Waals surface area contributed by atoms with Gasteiger partial charge in [0, 0.05) is 18.2 Å². The van der Waals surface area contributed by atoms with Crippen LogP contribution in [0.3, 0.4) is 0 Å². The Morgan fingerprint density at radius 2 is 2.23 bits per heavy atom. The highest BCUT2D eigenvalue weighted by Crippen LogP contribution is 2.04. The molecule has 0 aromatic rings. The maximum Gasteiger partial charge on any atom is 0.0905 e. The predicted molar refractivity (Wildman–Crippen MR) is 61.6 cm³/mol. The molecule has 0 saturated carbocycles. The fourth-order valence-corrected chi connectivity index (χ4v) is 1.84. The van der Waals surface area contributed by atoms with Crippen molar-refractivity contribution in [2.45, 2.75) is 25.8 Å². The molecule has 13 heavy (non-hydrogen) atoms. The lowest BCUT2D eigenvalue weighted by Crippen LogP contribution is -2.32. The van der Waals surface area contributed by atoms with Gasteiger partial charge in [-0.2, -0.15) is 11.8 Å². The van der Waals surface area contributed by atoms with Crippen LogP contribution in [0.2, 0.25) is 0 Å². The van der Waals surface area contributed by atoms with Crippen LogP contribution in [0.5, 0.6) is 0 Å². The summed E-state index contributed by atoms with van der Waals surface area (Å²) >= 11 is 1.87. The molecule has 0 bridgehead atoms. The quantitative estimate of drug-likeness (QED) is 0.485. The molecule has 0 saturated heterocycles. The topological polar surface area (TPSA) is 53.1 Å². The molecule has 0 rings (SSSR count). The van der Waals surface area contributed by atoms with Crippen LogP contribution in [0.1, 0.15) is 19.8 Å². The van der Waals surface area contributed by atoms with Crippen LogP contribution in [-0.4, -0.2) is 42.4 Å². The monoisotopic (exact) mass is 203 g/mol. The second-order valence-corrected chi connectivity index (χ2v) is 4.32. The first-order valence-corrected chi connectivity index (χ1v) is 5.99. The summed E-state index contributed by atoms with van der Waals surface area (Å²) in [6, 6.07) is 0.613. The van der Waals surface area contributed by atoms with E-state index in [9.17, 15) is 0 Å². The van der Waals surface area contributed by atoms with Crippen LogP contribution in [0.25, 0.3) is 0 Å². The average Bonchev–Trinajstić information content (AvgIpc) is 2.04. The Hall–Kier alpha value is -0.220. The van der Waals surface area contributed by atoms with Gasteiger partial charge in [-0.15, -0.1) is 0 Å². The average molecular weight is 203 g/mol. The summed E-state index contributed by atoms with van der Waals surface area (Å²) in [5.74, 6) is 1.46. The van der Waals surface area contributed by atoms with Crippen molar-refractivity contribution in [3.8, 4) is 0 Å². The third-order valence-corrected chi connectivity index (χ3v) is 2.93. The zero-order valence-electron chi connectivity index (χ0n) is 8.84. The van der Waals surface area contributed by atoms with Crippen LogP contribution < -0.4 is 5.73 Å². The lowest BCUT2D eigenvalue weighted by atomic mass is 10.2. The van der Waals surface area contributed by atoms with Crippen molar-refractivity contribution in [1.29, 1.82) is 5.41 Å². The van der Waals surface area contributed by atoms with E-state index in [0.717, 1.165) is 25.1 Å². The van der Waals surface area contributed by atoms with Crippen molar-refractivity contribution >= 4 is 17.6 Å². The molecule has 0 aliphatic heterocycles. The minimum absolute atomic E-state index is 0.297. The van der Waals surface area contributed by atoms with Crippen molar-refractivity contribution in [3.05, 3.63) is 0 Å². The van der Waals surface area contributed by atoms with Gasteiger partial charge in [0.15, 0.2) is 0 Å². The van der Waals surface area contributed by atoms with Crippen molar-refractivity contribution in [1.82, 2.24) is 4.90 Å². The first kappa shape index (κ1) is 12.8. The zero-order valence-corrected chi connectivity index (χ0v) is 9.66. The molecule has 78 valence electrons. The van der Waals surface area contributed by atoms with Gasteiger partial charge in [-0.25, -0.2) is 0 Å². The molecule has 0 radical (unpaired) electrons. The molecule has 0 aliphatic carbocycles. The van der Waals surface area contributed by atoms with Gasteiger partial charge >= 0.3 is 0 Å². The molecule has 0 spiro atoms. The fourth-order valence-electron chi connectivity index (χ4n) is 1.11. The number of rotatable bonds is 7. The Morgan fingerprint density at radius 3 is 2.69 bits per heavy atom.